The molecule has 5 heteroatoms. The molecular weight excluding hydrogens is 204 g/mol. The zero-order valence-electron chi connectivity index (χ0n) is 8.91. The van der Waals surface area contributed by atoms with Crippen LogP contribution in [0.4, 0.5) is 4.79 Å². The number of nitrogens with one attached hydrogen (secondary N) is 1. The van der Waals surface area contributed by atoms with Gasteiger partial charge in [0.2, 0.25) is 0 Å². The van der Waals surface area contributed by atoms with Crippen molar-refractivity contribution in [3.8, 4) is 0 Å². The molecule has 1 rings (SSSR count). The van der Waals surface area contributed by atoms with Crippen molar-refractivity contribution < 1.29 is 9.90 Å². The molecule has 0 saturated carbocycles. The maximum absolute atomic E-state index is 10.9. The second-order valence-electron chi connectivity index (χ2n) is 4.56. The van der Waals surface area contributed by atoms with Gasteiger partial charge in [-0.2, -0.15) is 0 Å². The van der Waals surface area contributed by atoms with Crippen LogP contribution in [0.2, 0.25) is 0 Å². The monoisotopic (exact) mass is 222 g/mol. The molecule has 2 N–H and O–H groups in total. The van der Waals surface area contributed by atoms with Gasteiger partial charge in [0.25, 0.3) is 0 Å². The highest BCUT2D eigenvalue weighted by Crippen LogP contribution is 2.25. The number of rotatable bonds is 0. The van der Waals surface area contributed by atoms with E-state index in [0.29, 0.717) is 6.54 Å². The molecular formula is C9H19ClN2O2. The van der Waals surface area contributed by atoms with E-state index in [2.05, 4.69) is 26.1 Å². The third-order valence-corrected chi connectivity index (χ3v) is 2.49. The molecule has 1 heterocycles. The third-order valence-electron chi connectivity index (χ3n) is 2.49. The Morgan fingerprint density at radius 2 is 2.07 bits per heavy atom. The normalized spacial score (nSPS) is 22.8. The van der Waals surface area contributed by atoms with Gasteiger partial charge in [0.05, 0.1) is 6.04 Å². The van der Waals surface area contributed by atoms with Crippen LogP contribution >= 0.6 is 12.4 Å². The lowest BCUT2D eigenvalue weighted by Crippen LogP contribution is -2.58. The standard InChI is InChI=1S/C9H18N2O2.ClH/c1-9(2,3)7-6-10-4-5-11(7)8(12)13;/h7,10H,4-6H2,1-3H3,(H,12,13);1H. The molecule has 1 saturated heterocycles. The first-order valence-corrected chi connectivity index (χ1v) is 4.63. The Balaban J connectivity index is 0.00000169. The number of hydrogen-bond acceptors (Lipinski definition) is 2. The molecule has 0 aromatic rings. The van der Waals surface area contributed by atoms with Crippen LogP contribution in [0, 0.1) is 5.41 Å². The summed E-state index contributed by atoms with van der Waals surface area (Å²) < 4.78 is 0. The molecule has 1 amide bonds. The molecule has 14 heavy (non-hydrogen) atoms. The van der Waals surface area contributed by atoms with Gasteiger partial charge in [0.1, 0.15) is 0 Å². The maximum Gasteiger partial charge on any atom is 0.407 e. The summed E-state index contributed by atoms with van der Waals surface area (Å²) in [5.74, 6) is 0. The van der Waals surface area contributed by atoms with Gasteiger partial charge >= 0.3 is 6.09 Å². The number of amides is 1. The summed E-state index contributed by atoms with van der Waals surface area (Å²) in [6.07, 6.45) is -0.804. The Morgan fingerprint density at radius 1 is 1.50 bits per heavy atom. The summed E-state index contributed by atoms with van der Waals surface area (Å²) in [5, 5.41) is 12.2. The second-order valence-corrected chi connectivity index (χ2v) is 4.56. The van der Waals surface area contributed by atoms with E-state index in [1.165, 1.54) is 4.90 Å². The molecule has 1 unspecified atom stereocenters. The fourth-order valence-electron chi connectivity index (χ4n) is 1.71. The Bertz CT molecular complexity index is 203. The Labute approximate surface area is 91.1 Å². The summed E-state index contributed by atoms with van der Waals surface area (Å²) in [7, 11) is 0. The number of carbonyl (C=O) groups is 1. The minimum Gasteiger partial charge on any atom is -0.465 e. The van der Waals surface area contributed by atoms with Crippen LogP contribution in [0.25, 0.3) is 0 Å². The molecule has 4 nitrogen and oxygen atoms in total. The molecule has 1 atom stereocenters. The molecule has 0 spiro atoms. The van der Waals surface area contributed by atoms with Crippen LogP contribution in [0.5, 0.6) is 0 Å². The van der Waals surface area contributed by atoms with Crippen molar-refractivity contribution in [2.75, 3.05) is 19.6 Å². The quantitative estimate of drug-likeness (QED) is 0.652. The van der Waals surface area contributed by atoms with Crippen LogP contribution in [0.3, 0.4) is 0 Å². The number of hydrogen-bond donors (Lipinski definition) is 2. The van der Waals surface area contributed by atoms with Crippen LogP contribution < -0.4 is 5.32 Å². The van der Waals surface area contributed by atoms with Crippen molar-refractivity contribution in [2.24, 2.45) is 5.41 Å². The maximum atomic E-state index is 10.9. The highest BCUT2D eigenvalue weighted by molar-refractivity contribution is 5.85. The van der Waals surface area contributed by atoms with E-state index < -0.39 is 6.09 Å². The smallest absolute Gasteiger partial charge is 0.407 e. The highest BCUT2D eigenvalue weighted by Gasteiger charge is 2.34. The minimum atomic E-state index is -0.804. The summed E-state index contributed by atoms with van der Waals surface area (Å²) >= 11 is 0. The van der Waals surface area contributed by atoms with Crippen molar-refractivity contribution in [1.82, 2.24) is 10.2 Å². The lowest BCUT2D eigenvalue weighted by atomic mass is 9.85. The zero-order valence-corrected chi connectivity index (χ0v) is 9.73. The van der Waals surface area contributed by atoms with E-state index in [9.17, 15) is 4.79 Å². The Hall–Kier alpha value is -0.480. The average molecular weight is 223 g/mol. The van der Waals surface area contributed by atoms with Crippen LogP contribution in [-0.4, -0.2) is 41.8 Å². The Morgan fingerprint density at radius 3 is 2.43 bits per heavy atom. The molecule has 0 radical (unpaired) electrons. The molecule has 0 aromatic carbocycles. The van der Waals surface area contributed by atoms with Gasteiger partial charge in [-0.15, -0.1) is 12.4 Å². The van der Waals surface area contributed by atoms with E-state index in [1.807, 2.05) is 0 Å². The summed E-state index contributed by atoms with van der Waals surface area (Å²) in [4.78, 5) is 12.4. The molecule has 0 aromatic heterocycles. The van der Waals surface area contributed by atoms with Gasteiger partial charge in [-0.05, 0) is 5.41 Å². The largest absolute Gasteiger partial charge is 0.465 e. The number of halogens is 1. The lowest BCUT2D eigenvalue weighted by Gasteiger charge is -2.41. The second kappa shape index (κ2) is 4.84. The predicted molar refractivity (Wildman–Crippen MR) is 58.1 cm³/mol. The average Bonchev–Trinajstić information content (AvgIpc) is 2.03. The predicted octanol–water partition coefficient (Wildman–Crippen LogP) is 1.41. The molecule has 1 aliphatic rings. The number of carboxylic acid groups (broad SMARTS) is 1. The van der Waals surface area contributed by atoms with Gasteiger partial charge in [-0.1, -0.05) is 20.8 Å². The molecule has 1 fully saturated rings. The van der Waals surface area contributed by atoms with Gasteiger partial charge in [-0.25, -0.2) is 4.79 Å². The topological polar surface area (TPSA) is 52.6 Å². The van der Waals surface area contributed by atoms with E-state index in [0.717, 1.165) is 13.1 Å². The highest BCUT2D eigenvalue weighted by atomic mass is 35.5. The van der Waals surface area contributed by atoms with Gasteiger partial charge in [0.15, 0.2) is 0 Å². The lowest BCUT2D eigenvalue weighted by molar-refractivity contribution is 0.0674. The zero-order chi connectivity index (χ0) is 10.1. The van der Waals surface area contributed by atoms with Gasteiger partial charge in [0, 0.05) is 19.6 Å². The third kappa shape index (κ3) is 3.03. The molecule has 0 aliphatic carbocycles. The van der Waals surface area contributed by atoms with Crippen molar-refractivity contribution >= 4 is 18.5 Å². The molecule has 1 aliphatic heterocycles. The Kier molecular flexibility index (Phi) is 4.68. The summed E-state index contributed by atoms with van der Waals surface area (Å²) in [5.41, 5.74) is 0.00576. The van der Waals surface area contributed by atoms with Crippen LogP contribution in [-0.2, 0) is 0 Å². The first-order chi connectivity index (χ1) is 5.93. The van der Waals surface area contributed by atoms with Crippen molar-refractivity contribution in [3.63, 3.8) is 0 Å². The van der Waals surface area contributed by atoms with E-state index in [-0.39, 0.29) is 23.9 Å². The van der Waals surface area contributed by atoms with Gasteiger partial charge < -0.3 is 15.3 Å². The SMILES string of the molecule is CC(C)(C)C1CNCCN1C(=O)O.Cl. The number of piperazine rings is 1. The van der Waals surface area contributed by atoms with Crippen molar-refractivity contribution in [1.29, 1.82) is 0 Å². The fourth-order valence-corrected chi connectivity index (χ4v) is 1.71. The van der Waals surface area contributed by atoms with Crippen LogP contribution in [0.15, 0.2) is 0 Å². The first kappa shape index (κ1) is 13.5. The summed E-state index contributed by atoms with van der Waals surface area (Å²) in [6.45, 7) is 8.33. The van der Waals surface area contributed by atoms with Crippen molar-refractivity contribution in [3.05, 3.63) is 0 Å². The fraction of sp³-hybridized carbons (Fsp3) is 0.889. The minimum absolute atomic E-state index is 0. The molecule has 84 valence electrons. The first-order valence-electron chi connectivity index (χ1n) is 4.63. The van der Waals surface area contributed by atoms with E-state index in [1.54, 1.807) is 0 Å². The molecule has 0 bridgehead atoms. The number of nitrogens with zero attached hydrogens (tertiary/aromatic N) is 1. The van der Waals surface area contributed by atoms with E-state index in [4.69, 9.17) is 5.11 Å². The van der Waals surface area contributed by atoms with Crippen LogP contribution in [0.1, 0.15) is 20.8 Å². The van der Waals surface area contributed by atoms with Crippen molar-refractivity contribution in [2.45, 2.75) is 26.8 Å². The summed E-state index contributed by atoms with van der Waals surface area (Å²) in [6, 6.07) is 0.0822. The van der Waals surface area contributed by atoms with E-state index >= 15 is 0 Å². The van der Waals surface area contributed by atoms with Gasteiger partial charge in [-0.3, -0.25) is 0 Å².